The first-order valence-corrected chi connectivity index (χ1v) is 17.9. The minimum absolute atomic E-state index is 0.0442. The van der Waals surface area contributed by atoms with Crippen LogP contribution in [0.1, 0.15) is 108 Å². The Labute approximate surface area is 279 Å². The second kappa shape index (κ2) is 17.3. The molecule has 15 atom stereocenters. The second-order valence-corrected chi connectivity index (χ2v) is 15.3. The molecule has 3 aliphatic rings. The number of carbonyl (C=O) groups is 2. The lowest BCUT2D eigenvalue weighted by atomic mass is 9.79. The van der Waals surface area contributed by atoms with Gasteiger partial charge in [0.15, 0.2) is 18.4 Å². The van der Waals surface area contributed by atoms with Gasteiger partial charge in [-0.3, -0.25) is 9.59 Å². The highest BCUT2D eigenvalue weighted by Crippen LogP contribution is 2.37. The third-order valence-corrected chi connectivity index (χ3v) is 10.6. The van der Waals surface area contributed by atoms with Gasteiger partial charge < -0.3 is 33.7 Å². The second-order valence-electron chi connectivity index (χ2n) is 15.3. The SMILES string of the molecule is CCC[C@H]1OC(=O)[C@H](C)C(OC2CC(C)CC(C)O2)[C@H](C)C(O[C@H]2OC(C)CC(N(C)C)C2O)[C@@H](C)C[C@@H](C)C(=O)/C(C)=C/[C@H]1C. The van der Waals surface area contributed by atoms with E-state index in [2.05, 4.69) is 27.7 Å². The van der Waals surface area contributed by atoms with E-state index >= 15 is 0 Å². The van der Waals surface area contributed by atoms with Crippen molar-refractivity contribution in [1.82, 2.24) is 4.90 Å². The van der Waals surface area contributed by atoms with E-state index in [9.17, 15) is 14.7 Å². The van der Waals surface area contributed by atoms with Crippen molar-refractivity contribution in [3.63, 3.8) is 0 Å². The molecule has 1 N–H and O–H groups in total. The van der Waals surface area contributed by atoms with Crippen molar-refractivity contribution in [1.29, 1.82) is 0 Å². The number of cyclic esters (lactones) is 1. The fourth-order valence-electron chi connectivity index (χ4n) is 7.97. The molecule has 8 unspecified atom stereocenters. The number of likely N-dealkylation sites (N-methyl/N-ethyl adjacent to an activating group) is 1. The quantitative estimate of drug-likeness (QED) is 0.325. The highest BCUT2D eigenvalue weighted by Gasteiger charge is 2.45. The molecular weight excluding hydrogens is 586 g/mol. The maximum atomic E-state index is 14.0. The van der Waals surface area contributed by atoms with Crippen molar-refractivity contribution in [3.05, 3.63) is 11.6 Å². The molecule has 3 aliphatic heterocycles. The van der Waals surface area contributed by atoms with Crippen LogP contribution in [-0.4, -0.2) is 91.1 Å². The lowest BCUT2D eigenvalue weighted by molar-refractivity contribution is -0.291. The molecule has 0 aromatic heterocycles. The first-order valence-electron chi connectivity index (χ1n) is 17.9. The van der Waals surface area contributed by atoms with E-state index in [1.807, 2.05) is 66.6 Å². The van der Waals surface area contributed by atoms with Gasteiger partial charge in [-0.2, -0.15) is 0 Å². The molecule has 0 bridgehead atoms. The van der Waals surface area contributed by atoms with Crippen molar-refractivity contribution in [2.24, 2.45) is 35.5 Å². The molecule has 2 fully saturated rings. The van der Waals surface area contributed by atoms with Crippen LogP contribution in [0.25, 0.3) is 0 Å². The van der Waals surface area contributed by atoms with Crippen LogP contribution < -0.4 is 0 Å². The highest BCUT2D eigenvalue weighted by atomic mass is 16.7. The van der Waals surface area contributed by atoms with Crippen molar-refractivity contribution in [2.45, 2.75) is 163 Å². The summed E-state index contributed by atoms with van der Waals surface area (Å²) in [6.07, 6.45) is 2.70. The first-order chi connectivity index (χ1) is 21.5. The highest BCUT2D eigenvalue weighted by molar-refractivity contribution is 5.96. The fraction of sp³-hybridized carbons (Fsp3) is 0.892. The Morgan fingerprint density at radius 3 is 2.15 bits per heavy atom. The third kappa shape index (κ3) is 10.1. The van der Waals surface area contributed by atoms with Crippen molar-refractivity contribution >= 4 is 11.8 Å². The summed E-state index contributed by atoms with van der Waals surface area (Å²) in [7, 11) is 3.91. The van der Waals surface area contributed by atoms with Crippen LogP contribution in [-0.2, 0) is 33.3 Å². The van der Waals surface area contributed by atoms with Crippen LogP contribution in [0.2, 0.25) is 0 Å². The topological polar surface area (TPSA) is 104 Å². The van der Waals surface area contributed by atoms with Crippen LogP contribution in [0.4, 0.5) is 0 Å². The van der Waals surface area contributed by atoms with Gasteiger partial charge in [-0.05, 0) is 84.9 Å². The van der Waals surface area contributed by atoms with E-state index in [1.54, 1.807) is 0 Å². The lowest BCUT2D eigenvalue weighted by Crippen LogP contribution is -2.56. The van der Waals surface area contributed by atoms with Gasteiger partial charge in [0.25, 0.3) is 0 Å². The monoisotopic (exact) mass is 651 g/mol. The Hall–Kier alpha value is -1.36. The zero-order valence-electron chi connectivity index (χ0n) is 30.7. The first kappa shape index (κ1) is 39.1. The number of rotatable bonds is 7. The summed E-state index contributed by atoms with van der Waals surface area (Å²) in [5.41, 5.74) is 0.688. The number of Topliss-reactive ketones (excluding diaryl/α,β-unsaturated/α-hetero) is 1. The third-order valence-electron chi connectivity index (χ3n) is 10.6. The van der Waals surface area contributed by atoms with E-state index in [1.165, 1.54) is 0 Å². The molecule has 9 nitrogen and oxygen atoms in total. The van der Waals surface area contributed by atoms with Crippen molar-refractivity contribution < 1.29 is 38.4 Å². The molecule has 3 heterocycles. The van der Waals surface area contributed by atoms with Gasteiger partial charge in [-0.25, -0.2) is 0 Å². The number of hydrogen-bond acceptors (Lipinski definition) is 9. The fourth-order valence-corrected chi connectivity index (χ4v) is 7.97. The van der Waals surface area contributed by atoms with Crippen molar-refractivity contribution in [3.8, 4) is 0 Å². The van der Waals surface area contributed by atoms with Gasteiger partial charge in [0, 0.05) is 30.2 Å². The van der Waals surface area contributed by atoms with Crippen LogP contribution in [0, 0.1) is 35.5 Å². The number of nitrogens with zero attached hydrogens (tertiary/aromatic N) is 1. The minimum atomic E-state index is -0.874. The summed E-state index contributed by atoms with van der Waals surface area (Å²) < 4.78 is 32.3. The smallest absolute Gasteiger partial charge is 0.311 e. The Morgan fingerprint density at radius 1 is 0.891 bits per heavy atom. The van der Waals surface area contributed by atoms with Gasteiger partial charge in [-0.15, -0.1) is 0 Å². The summed E-state index contributed by atoms with van der Waals surface area (Å²) in [5, 5.41) is 11.4. The minimum Gasteiger partial charge on any atom is -0.461 e. The van der Waals surface area contributed by atoms with Gasteiger partial charge in [-0.1, -0.05) is 54.0 Å². The summed E-state index contributed by atoms with van der Waals surface area (Å²) in [5.74, 6) is -1.26. The molecule has 46 heavy (non-hydrogen) atoms. The van der Waals surface area contributed by atoms with Gasteiger partial charge in [0.2, 0.25) is 0 Å². The Bertz CT molecular complexity index is 1010. The molecule has 0 aromatic rings. The van der Waals surface area contributed by atoms with Crippen LogP contribution in [0.5, 0.6) is 0 Å². The normalized spacial score (nSPS) is 45.1. The number of ether oxygens (including phenoxy) is 5. The van der Waals surface area contributed by atoms with Crippen LogP contribution in [0.15, 0.2) is 11.6 Å². The molecule has 266 valence electrons. The molecule has 0 radical (unpaired) electrons. The number of hydrogen-bond donors (Lipinski definition) is 1. The number of aliphatic hydroxyl groups excluding tert-OH is 1. The molecule has 0 amide bonds. The molecule has 3 rings (SSSR count). The standard InChI is InChI=1S/C37H65NO8/c1-13-14-30-21(3)17-22(4)32(39)23(5)18-24(6)34(46-37-33(40)29(38(11)12)19-26(8)43-37)27(9)35(28(10)36(41)44-30)45-31-16-20(2)15-25(7)42-31/h17,20-21,23-31,33-35,37,40H,13-16,18-19H2,1-12H3/b22-17+/t20?,21-,23-,24+,25?,26?,27-,28-,29?,30-,31?,33?,34?,35?,37-/m1/s1. The van der Waals surface area contributed by atoms with E-state index in [0.717, 1.165) is 19.3 Å². The average Bonchev–Trinajstić information content (AvgIpc) is 2.97. The summed E-state index contributed by atoms with van der Waals surface area (Å²) in [4.78, 5) is 29.6. The summed E-state index contributed by atoms with van der Waals surface area (Å²) >= 11 is 0. The molecule has 0 spiro atoms. The lowest BCUT2D eigenvalue weighted by Gasteiger charge is -2.45. The maximum absolute atomic E-state index is 14.0. The van der Waals surface area contributed by atoms with E-state index < -0.39 is 36.8 Å². The summed E-state index contributed by atoms with van der Waals surface area (Å²) in [6, 6.07) is -0.136. The Morgan fingerprint density at radius 2 is 1.54 bits per heavy atom. The van der Waals surface area contributed by atoms with Gasteiger partial charge in [0.05, 0.1) is 30.3 Å². The number of carbonyl (C=O) groups excluding carboxylic acids is 2. The molecule has 0 aliphatic carbocycles. The van der Waals surface area contributed by atoms with E-state index in [0.29, 0.717) is 30.8 Å². The summed E-state index contributed by atoms with van der Waals surface area (Å²) in [6.45, 7) is 20.2. The molecule has 0 saturated carbocycles. The zero-order valence-corrected chi connectivity index (χ0v) is 30.7. The van der Waals surface area contributed by atoms with Gasteiger partial charge in [0.1, 0.15) is 12.2 Å². The van der Waals surface area contributed by atoms with Crippen LogP contribution >= 0.6 is 0 Å². The number of esters is 1. The molecular formula is C37H65NO8. The molecule has 9 heteroatoms. The van der Waals surface area contributed by atoms with E-state index in [4.69, 9.17) is 23.7 Å². The van der Waals surface area contributed by atoms with Crippen LogP contribution in [0.3, 0.4) is 0 Å². The molecule has 2 saturated heterocycles. The predicted molar refractivity (Wildman–Crippen MR) is 179 cm³/mol. The maximum Gasteiger partial charge on any atom is 0.311 e. The Balaban J connectivity index is 2.07. The van der Waals surface area contributed by atoms with E-state index in [-0.39, 0.29) is 59.8 Å². The zero-order chi connectivity index (χ0) is 34.5. The average molecular weight is 652 g/mol. The number of ketones is 1. The number of allylic oxidation sites excluding steroid dienone is 1. The Kier molecular flexibility index (Phi) is 14.7. The predicted octanol–water partition coefficient (Wildman–Crippen LogP) is 6.16. The molecule has 0 aromatic carbocycles. The van der Waals surface area contributed by atoms with Gasteiger partial charge >= 0.3 is 5.97 Å². The largest absolute Gasteiger partial charge is 0.461 e. The van der Waals surface area contributed by atoms with Crippen molar-refractivity contribution in [2.75, 3.05) is 14.1 Å². The number of aliphatic hydroxyl groups is 1.